The van der Waals surface area contributed by atoms with Gasteiger partial charge in [-0.05, 0) is 19.9 Å². The van der Waals surface area contributed by atoms with Gasteiger partial charge in [0.25, 0.3) is 0 Å². The molecule has 1 aromatic carbocycles. The Morgan fingerprint density at radius 1 is 1.31 bits per heavy atom. The molecule has 0 radical (unpaired) electrons. The van der Waals surface area contributed by atoms with Crippen LogP contribution in [0.25, 0.3) is 0 Å². The van der Waals surface area contributed by atoms with E-state index in [2.05, 4.69) is 9.47 Å². The fourth-order valence-corrected chi connectivity index (χ4v) is 1.40. The molecule has 1 aliphatic rings. The summed E-state index contributed by atoms with van der Waals surface area (Å²) in [7, 11) is 0. The van der Waals surface area contributed by atoms with Crippen LogP contribution in [0.5, 0.6) is 11.5 Å². The summed E-state index contributed by atoms with van der Waals surface area (Å²) in [6.07, 6.45) is -3.55. The summed E-state index contributed by atoms with van der Waals surface area (Å²) >= 11 is 0. The molecule has 1 heterocycles. The van der Waals surface area contributed by atoms with E-state index < -0.39 is 6.29 Å². The van der Waals surface area contributed by atoms with E-state index in [4.69, 9.17) is 4.74 Å². The van der Waals surface area contributed by atoms with Crippen molar-refractivity contribution in [2.24, 2.45) is 0 Å². The molecule has 0 unspecified atom stereocenters. The third kappa shape index (κ3) is 2.24. The summed E-state index contributed by atoms with van der Waals surface area (Å²) in [6, 6.07) is 4.74. The molecule has 16 heavy (non-hydrogen) atoms. The van der Waals surface area contributed by atoms with Crippen LogP contribution in [-0.4, -0.2) is 12.4 Å². The number of alkyl halides is 2. The zero-order valence-electron chi connectivity index (χ0n) is 9.00. The van der Waals surface area contributed by atoms with Crippen molar-refractivity contribution >= 4 is 0 Å². The number of hydrogen-bond donors (Lipinski definition) is 0. The molecule has 0 aromatic heterocycles. The van der Waals surface area contributed by atoms with Crippen LogP contribution in [0.15, 0.2) is 18.2 Å². The molecule has 88 valence electrons. The first kappa shape index (κ1) is 11.1. The first-order valence-corrected chi connectivity index (χ1v) is 4.97. The minimum absolute atomic E-state index is 0.0266. The number of hydrogen-bond acceptors (Lipinski definition) is 3. The van der Waals surface area contributed by atoms with Crippen LogP contribution in [0.1, 0.15) is 19.4 Å². The number of fused-ring (bicyclic) bond motifs is 1. The van der Waals surface area contributed by atoms with Crippen molar-refractivity contribution < 1.29 is 23.0 Å². The Morgan fingerprint density at radius 2 is 2.06 bits per heavy atom. The molecule has 0 N–H and O–H groups in total. The van der Waals surface area contributed by atoms with Gasteiger partial charge in [-0.25, -0.2) is 0 Å². The van der Waals surface area contributed by atoms with Crippen molar-refractivity contribution in [3.8, 4) is 11.5 Å². The predicted molar refractivity (Wildman–Crippen MR) is 52.6 cm³/mol. The van der Waals surface area contributed by atoms with Gasteiger partial charge in [0.05, 0.1) is 12.7 Å². The van der Waals surface area contributed by atoms with Crippen molar-refractivity contribution in [3.63, 3.8) is 0 Å². The zero-order valence-corrected chi connectivity index (χ0v) is 9.00. The largest absolute Gasteiger partial charge is 0.586 e. The Kier molecular flexibility index (Phi) is 2.71. The standard InChI is InChI=1S/C11H12F2O3/c1-7(2)14-6-8-4-3-5-9-10(8)16-11(12,13)15-9/h3-5,7H,6H2,1-2H3. The van der Waals surface area contributed by atoms with E-state index in [1.165, 1.54) is 6.07 Å². The first-order chi connectivity index (χ1) is 7.48. The lowest BCUT2D eigenvalue weighted by Crippen LogP contribution is -2.26. The highest BCUT2D eigenvalue weighted by molar-refractivity contribution is 5.48. The van der Waals surface area contributed by atoms with Gasteiger partial charge in [0.2, 0.25) is 0 Å². The first-order valence-electron chi connectivity index (χ1n) is 4.97. The second kappa shape index (κ2) is 3.90. The third-order valence-electron chi connectivity index (χ3n) is 2.08. The van der Waals surface area contributed by atoms with Gasteiger partial charge in [-0.2, -0.15) is 0 Å². The predicted octanol–water partition coefficient (Wildman–Crippen LogP) is 2.93. The van der Waals surface area contributed by atoms with Crippen molar-refractivity contribution in [1.29, 1.82) is 0 Å². The third-order valence-corrected chi connectivity index (χ3v) is 2.08. The highest BCUT2D eigenvalue weighted by Crippen LogP contribution is 2.43. The maximum absolute atomic E-state index is 12.8. The van der Waals surface area contributed by atoms with Crippen LogP contribution in [0.4, 0.5) is 8.78 Å². The van der Waals surface area contributed by atoms with Crippen LogP contribution in [0.2, 0.25) is 0 Å². The molecule has 3 nitrogen and oxygen atoms in total. The Bertz CT molecular complexity index is 391. The van der Waals surface area contributed by atoms with E-state index in [1.54, 1.807) is 12.1 Å². The Labute approximate surface area is 91.9 Å². The summed E-state index contributed by atoms with van der Waals surface area (Å²) in [4.78, 5) is 0. The summed E-state index contributed by atoms with van der Waals surface area (Å²) in [6.45, 7) is 3.96. The summed E-state index contributed by atoms with van der Waals surface area (Å²) in [5.41, 5.74) is 0.559. The highest BCUT2D eigenvalue weighted by Gasteiger charge is 2.44. The molecule has 0 saturated carbocycles. The SMILES string of the molecule is CC(C)OCc1cccc2c1OC(F)(F)O2. The van der Waals surface area contributed by atoms with Crippen molar-refractivity contribution in [1.82, 2.24) is 0 Å². The lowest BCUT2D eigenvalue weighted by molar-refractivity contribution is -0.287. The molecule has 1 aliphatic heterocycles. The summed E-state index contributed by atoms with van der Waals surface area (Å²) in [5, 5.41) is 0. The van der Waals surface area contributed by atoms with Crippen LogP contribution >= 0.6 is 0 Å². The lowest BCUT2D eigenvalue weighted by Gasteiger charge is -2.09. The normalized spacial score (nSPS) is 16.8. The molecular formula is C11H12F2O3. The van der Waals surface area contributed by atoms with Gasteiger partial charge in [-0.3, -0.25) is 0 Å². The van der Waals surface area contributed by atoms with Gasteiger partial charge in [0.15, 0.2) is 11.5 Å². The number of halogens is 2. The highest BCUT2D eigenvalue weighted by atomic mass is 19.3. The topological polar surface area (TPSA) is 27.7 Å². The maximum Gasteiger partial charge on any atom is 0.586 e. The minimum atomic E-state index is -3.57. The fourth-order valence-electron chi connectivity index (χ4n) is 1.40. The van der Waals surface area contributed by atoms with Gasteiger partial charge in [-0.1, -0.05) is 12.1 Å². The molecular weight excluding hydrogens is 218 g/mol. The Balaban J connectivity index is 2.20. The van der Waals surface area contributed by atoms with E-state index in [-0.39, 0.29) is 24.2 Å². The minimum Gasteiger partial charge on any atom is -0.395 e. The molecule has 5 heteroatoms. The van der Waals surface area contributed by atoms with E-state index in [0.717, 1.165) is 0 Å². The van der Waals surface area contributed by atoms with Crippen LogP contribution in [0, 0.1) is 0 Å². The molecule has 0 amide bonds. The fraction of sp³-hybridized carbons (Fsp3) is 0.455. The average molecular weight is 230 g/mol. The van der Waals surface area contributed by atoms with Crippen LogP contribution in [-0.2, 0) is 11.3 Å². The second-order valence-electron chi connectivity index (χ2n) is 3.77. The molecule has 0 fully saturated rings. The number of ether oxygens (including phenoxy) is 3. The van der Waals surface area contributed by atoms with Gasteiger partial charge in [0, 0.05) is 5.56 Å². The molecule has 0 aliphatic carbocycles. The molecule has 0 saturated heterocycles. The molecule has 0 atom stereocenters. The zero-order chi connectivity index (χ0) is 11.8. The van der Waals surface area contributed by atoms with Crippen LogP contribution in [0.3, 0.4) is 0 Å². The Hall–Kier alpha value is -1.36. The monoisotopic (exact) mass is 230 g/mol. The Morgan fingerprint density at radius 3 is 2.75 bits per heavy atom. The van der Waals surface area contributed by atoms with Crippen molar-refractivity contribution in [2.45, 2.75) is 32.9 Å². The quantitative estimate of drug-likeness (QED) is 0.799. The maximum atomic E-state index is 12.8. The summed E-state index contributed by atoms with van der Waals surface area (Å²) in [5.74, 6) is 0.114. The second-order valence-corrected chi connectivity index (χ2v) is 3.77. The van der Waals surface area contributed by atoms with Crippen LogP contribution < -0.4 is 9.47 Å². The van der Waals surface area contributed by atoms with E-state index in [9.17, 15) is 8.78 Å². The van der Waals surface area contributed by atoms with Crippen molar-refractivity contribution in [2.75, 3.05) is 0 Å². The van der Waals surface area contributed by atoms with Gasteiger partial charge in [0.1, 0.15) is 0 Å². The number of benzene rings is 1. The number of rotatable bonds is 3. The molecule has 2 rings (SSSR count). The molecule has 0 bridgehead atoms. The van der Waals surface area contributed by atoms with Gasteiger partial charge in [-0.15, -0.1) is 8.78 Å². The van der Waals surface area contributed by atoms with E-state index in [0.29, 0.717) is 5.56 Å². The van der Waals surface area contributed by atoms with Gasteiger partial charge >= 0.3 is 6.29 Å². The smallest absolute Gasteiger partial charge is 0.395 e. The average Bonchev–Trinajstić information content (AvgIpc) is 2.48. The lowest BCUT2D eigenvalue weighted by atomic mass is 10.2. The molecule has 1 aromatic rings. The van der Waals surface area contributed by atoms with Crippen molar-refractivity contribution in [3.05, 3.63) is 23.8 Å². The van der Waals surface area contributed by atoms with E-state index >= 15 is 0 Å². The number of para-hydroxylation sites is 1. The summed E-state index contributed by atoms with van der Waals surface area (Å²) < 4.78 is 39.8. The molecule has 0 spiro atoms. The van der Waals surface area contributed by atoms with Gasteiger partial charge < -0.3 is 14.2 Å². The van der Waals surface area contributed by atoms with E-state index in [1.807, 2.05) is 13.8 Å².